The van der Waals surface area contributed by atoms with E-state index in [1.54, 1.807) is 14.2 Å². The Balaban J connectivity index is 1.55. The van der Waals surface area contributed by atoms with Crippen LogP contribution < -0.4 is 20.1 Å². The summed E-state index contributed by atoms with van der Waals surface area (Å²) in [5.74, 6) is 2.50. The van der Waals surface area contributed by atoms with E-state index in [-0.39, 0.29) is 0 Å². The van der Waals surface area contributed by atoms with E-state index in [0.29, 0.717) is 18.1 Å². The van der Waals surface area contributed by atoms with E-state index in [9.17, 15) is 0 Å². The van der Waals surface area contributed by atoms with Gasteiger partial charge in [0.2, 0.25) is 0 Å². The van der Waals surface area contributed by atoms with Crippen LogP contribution in [0.3, 0.4) is 0 Å². The summed E-state index contributed by atoms with van der Waals surface area (Å²) in [6, 6.07) is 18.3. The van der Waals surface area contributed by atoms with Crippen LogP contribution in [-0.4, -0.2) is 26.3 Å². The molecule has 4 atom stereocenters. The first kappa shape index (κ1) is 17.4. The zero-order chi connectivity index (χ0) is 17.9. The van der Waals surface area contributed by atoms with Crippen molar-refractivity contribution in [3.05, 3.63) is 59.7 Å². The average molecular weight is 352 g/mol. The van der Waals surface area contributed by atoms with E-state index in [2.05, 4.69) is 47.0 Å². The van der Waals surface area contributed by atoms with Gasteiger partial charge < -0.3 is 20.1 Å². The second-order valence-electron chi connectivity index (χ2n) is 7.41. The number of hydrogen-bond acceptors (Lipinski definition) is 4. The van der Waals surface area contributed by atoms with Gasteiger partial charge in [0.05, 0.1) is 14.2 Å². The third-order valence-corrected chi connectivity index (χ3v) is 5.93. The molecule has 1 saturated carbocycles. The summed E-state index contributed by atoms with van der Waals surface area (Å²) in [5.41, 5.74) is 2.51. The molecule has 138 valence electrons. The third-order valence-electron chi connectivity index (χ3n) is 5.93. The third kappa shape index (κ3) is 3.44. The predicted octanol–water partition coefficient (Wildman–Crippen LogP) is 3.68. The van der Waals surface area contributed by atoms with E-state index < -0.39 is 0 Å². The first-order valence-corrected chi connectivity index (χ1v) is 9.53. The van der Waals surface area contributed by atoms with Crippen LogP contribution in [-0.2, 0) is 6.54 Å². The molecule has 1 heterocycles. The van der Waals surface area contributed by atoms with Crippen LogP contribution >= 0.6 is 0 Å². The van der Waals surface area contributed by atoms with E-state index in [4.69, 9.17) is 9.47 Å². The Morgan fingerprint density at radius 1 is 1.04 bits per heavy atom. The lowest BCUT2D eigenvalue weighted by Crippen LogP contribution is -2.51. The zero-order valence-corrected chi connectivity index (χ0v) is 15.6. The summed E-state index contributed by atoms with van der Waals surface area (Å²) in [4.78, 5) is 0. The van der Waals surface area contributed by atoms with Crippen molar-refractivity contribution in [2.45, 2.75) is 43.9 Å². The first-order valence-electron chi connectivity index (χ1n) is 9.53. The van der Waals surface area contributed by atoms with Crippen LogP contribution in [0.25, 0.3) is 0 Å². The van der Waals surface area contributed by atoms with Crippen molar-refractivity contribution < 1.29 is 9.47 Å². The molecule has 2 aliphatic rings. The van der Waals surface area contributed by atoms with Crippen LogP contribution in [0.15, 0.2) is 48.5 Å². The molecular weight excluding hydrogens is 324 g/mol. The molecule has 2 aromatic carbocycles. The molecule has 2 fully saturated rings. The van der Waals surface area contributed by atoms with Crippen molar-refractivity contribution in [2.75, 3.05) is 14.2 Å². The Morgan fingerprint density at radius 2 is 1.88 bits per heavy atom. The van der Waals surface area contributed by atoms with Gasteiger partial charge in [-0.25, -0.2) is 0 Å². The quantitative estimate of drug-likeness (QED) is 0.832. The molecule has 2 aromatic rings. The van der Waals surface area contributed by atoms with Crippen molar-refractivity contribution in [1.29, 1.82) is 0 Å². The van der Waals surface area contributed by atoms with Crippen LogP contribution in [0.5, 0.6) is 11.5 Å². The van der Waals surface area contributed by atoms with Gasteiger partial charge in [0.1, 0.15) is 11.5 Å². The molecule has 4 rings (SSSR count). The highest BCUT2D eigenvalue weighted by Crippen LogP contribution is 2.40. The van der Waals surface area contributed by atoms with E-state index in [0.717, 1.165) is 29.5 Å². The van der Waals surface area contributed by atoms with Gasteiger partial charge in [0.15, 0.2) is 0 Å². The molecular formula is C22H28N2O2. The van der Waals surface area contributed by atoms with Gasteiger partial charge in [0, 0.05) is 30.2 Å². The molecule has 0 spiro atoms. The first-order chi connectivity index (χ1) is 12.8. The highest BCUT2D eigenvalue weighted by Gasteiger charge is 2.41. The van der Waals surface area contributed by atoms with E-state index in [1.165, 1.54) is 24.8 Å². The number of hydrogen-bond donors (Lipinski definition) is 2. The fourth-order valence-corrected chi connectivity index (χ4v) is 4.62. The Morgan fingerprint density at radius 3 is 2.65 bits per heavy atom. The minimum atomic E-state index is 0.360. The standard InChI is InChI=1S/C22H28N2O2/c1-25-19-10-11-20(26-2)17(13-19)14-23-21-16-8-9-18(12-16)24-22(21)15-6-4-3-5-7-15/h3-7,10-11,13,16,18,21-24H,8-9,12,14H2,1-2H3. The second-order valence-corrected chi connectivity index (χ2v) is 7.41. The normalized spacial score (nSPS) is 27.3. The van der Waals surface area contributed by atoms with Gasteiger partial charge in [-0.05, 0) is 48.9 Å². The SMILES string of the molecule is COc1ccc(OC)c(CNC2C3CCC(C3)NC2c2ccccc2)c1. The summed E-state index contributed by atoms with van der Waals surface area (Å²) in [6.07, 6.45) is 3.86. The highest BCUT2D eigenvalue weighted by molar-refractivity contribution is 5.40. The molecule has 0 amide bonds. The Kier molecular flexibility index (Phi) is 5.14. The number of nitrogens with one attached hydrogen (secondary N) is 2. The van der Waals surface area contributed by atoms with Gasteiger partial charge in [-0.3, -0.25) is 0 Å². The Labute approximate surface area is 155 Å². The van der Waals surface area contributed by atoms with Crippen molar-refractivity contribution in [2.24, 2.45) is 5.92 Å². The number of rotatable bonds is 6. The minimum absolute atomic E-state index is 0.360. The fourth-order valence-electron chi connectivity index (χ4n) is 4.62. The van der Waals surface area contributed by atoms with Crippen LogP contribution in [0.2, 0.25) is 0 Å². The number of piperidine rings is 1. The summed E-state index contributed by atoms with van der Waals surface area (Å²) in [6.45, 7) is 0.775. The number of fused-ring (bicyclic) bond motifs is 2. The smallest absolute Gasteiger partial charge is 0.123 e. The molecule has 2 N–H and O–H groups in total. The maximum absolute atomic E-state index is 5.55. The monoisotopic (exact) mass is 352 g/mol. The number of ether oxygens (including phenoxy) is 2. The molecule has 4 unspecified atom stereocenters. The molecule has 1 aliphatic carbocycles. The molecule has 0 aromatic heterocycles. The highest BCUT2D eigenvalue weighted by atomic mass is 16.5. The lowest BCUT2D eigenvalue weighted by atomic mass is 9.84. The van der Waals surface area contributed by atoms with E-state index in [1.807, 2.05) is 12.1 Å². The van der Waals surface area contributed by atoms with Gasteiger partial charge in [0.25, 0.3) is 0 Å². The van der Waals surface area contributed by atoms with Gasteiger partial charge in [-0.15, -0.1) is 0 Å². The molecule has 1 saturated heterocycles. The average Bonchev–Trinajstić information content (AvgIpc) is 3.09. The number of benzene rings is 2. The number of methoxy groups -OCH3 is 2. The molecule has 4 nitrogen and oxygen atoms in total. The molecule has 0 radical (unpaired) electrons. The largest absolute Gasteiger partial charge is 0.497 e. The van der Waals surface area contributed by atoms with Gasteiger partial charge in [-0.1, -0.05) is 30.3 Å². The maximum atomic E-state index is 5.55. The topological polar surface area (TPSA) is 42.5 Å². The van der Waals surface area contributed by atoms with Crippen molar-refractivity contribution in [1.82, 2.24) is 10.6 Å². The van der Waals surface area contributed by atoms with Crippen molar-refractivity contribution in [3.63, 3.8) is 0 Å². The summed E-state index contributed by atoms with van der Waals surface area (Å²) >= 11 is 0. The molecule has 26 heavy (non-hydrogen) atoms. The Bertz CT molecular complexity index is 734. The zero-order valence-electron chi connectivity index (χ0n) is 15.6. The lowest BCUT2D eigenvalue weighted by molar-refractivity contribution is 0.224. The minimum Gasteiger partial charge on any atom is -0.497 e. The van der Waals surface area contributed by atoms with Crippen molar-refractivity contribution in [3.8, 4) is 11.5 Å². The molecule has 1 aliphatic heterocycles. The van der Waals surface area contributed by atoms with Gasteiger partial charge >= 0.3 is 0 Å². The van der Waals surface area contributed by atoms with E-state index >= 15 is 0 Å². The molecule has 2 bridgehead atoms. The molecule has 4 heteroatoms. The van der Waals surface area contributed by atoms with Crippen LogP contribution in [0, 0.1) is 5.92 Å². The summed E-state index contributed by atoms with van der Waals surface area (Å²) < 4.78 is 10.9. The lowest BCUT2D eigenvalue weighted by Gasteiger charge is -2.39. The van der Waals surface area contributed by atoms with Crippen LogP contribution in [0.4, 0.5) is 0 Å². The van der Waals surface area contributed by atoms with Gasteiger partial charge in [-0.2, -0.15) is 0 Å². The maximum Gasteiger partial charge on any atom is 0.123 e. The predicted molar refractivity (Wildman–Crippen MR) is 104 cm³/mol. The van der Waals surface area contributed by atoms with Crippen LogP contribution in [0.1, 0.15) is 36.4 Å². The second kappa shape index (κ2) is 7.68. The summed E-state index contributed by atoms with van der Waals surface area (Å²) in [7, 11) is 3.43. The van der Waals surface area contributed by atoms with Crippen molar-refractivity contribution >= 4 is 0 Å². The summed E-state index contributed by atoms with van der Waals surface area (Å²) in [5, 5.41) is 7.72. The Hall–Kier alpha value is -2.04. The fraction of sp³-hybridized carbons (Fsp3) is 0.455.